The van der Waals surface area contributed by atoms with E-state index < -0.39 is 0 Å². The highest BCUT2D eigenvalue weighted by Gasteiger charge is 2.13. The summed E-state index contributed by atoms with van der Waals surface area (Å²) in [7, 11) is 1.58. The van der Waals surface area contributed by atoms with Crippen LogP contribution in [0.2, 0.25) is 20.1 Å². The van der Waals surface area contributed by atoms with Gasteiger partial charge in [0.05, 0.1) is 22.2 Å². The lowest BCUT2D eigenvalue weighted by Crippen LogP contribution is -2.02. The van der Waals surface area contributed by atoms with Gasteiger partial charge in [0.2, 0.25) is 0 Å². The van der Waals surface area contributed by atoms with E-state index in [1.165, 1.54) is 0 Å². The monoisotopic (exact) mass is 455 g/mol. The number of methoxy groups -OCH3 is 1. The molecule has 0 bridgehead atoms. The number of halogens is 4. The minimum absolute atomic E-state index is 0.331. The number of ether oxygens (including phenoxy) is 2. The van der Waals surface area contributed by atoms with Gasteiger partial charge in [0.15, 0.2) is 11.5 Å². The van der Waals surface area contributed by atoms with Gasteiger partial charge in [0.25, 0.3) is 0 Å². The number of rotatable bonds is 7. The van der Waals surface area contributed by atoms with Gasteiger partial charge in [0.1, 0.15) is 6.61 Å². The van der Waals surface area contributed by atoms with Gasteiger partial charge in [-0.3, -0.25) is 0 Å². The van der Waals surface area contributed by atoms with E-state index in [1.807, 2.05) is 42.5 Å². The molecule has 1 N–H and O–H groups in total. The molecule has 0 aliphatic rings. The molecule has 0 fully saturated rings. The van der Waals surface area contributed by atoms with E-state index in [-0.39, 0.29) is 0 Å². The Balaban J connectivity index is 1.72. The summed E-state index contributed by atoms with van der Waals surface area (Å²) in [6, 6.07) is 16.5. The molecule has 3 nitrogen and oxygen atoms in total. The highest BCUT2D eigenvalue weighted by molar-refractivity contribution is 6.42. The molecule has 0 aromatic heterocycles. The lowest BCUT2D eigenvalue weighted by Gasteiger charge is -2.15. The number of benzene rings is 3. The van der Waals surface area contributed by atoms with E-state index in [0.717, 1.165) is 16.8 Å². The van der Waals surface area contributed by atoms with Crippen LogP contribution in [-0.4, -0.2) is 7.11 Å². The van der Waals surface area contributed by atoms with Crippen LogP contribution in [0.5, 0.6) is 11.5 Å². The first-order chi connectivity index (χ1) is 13.5. The average Bonchev–Trinajstić information content (AvgIpc) is 2.67. The van der Waals surface area contributed by atoms with Crippen LogP contribution in [-0.2, 0) is 13.2 Å². The lowest BCUT2D eigenvalue weighted by molar-refractivity contribution is 0.284. The van der Waals surface area contributed by atoms with Gasteiger partial charge < -0.3 is 14.8 Å². The summed E-state index contributed by atoms with van der Waals surface area (Å²) in [6.07, 6.45) is 0. The minimum Gasteiger partial charge on any atom is -0.493 e. The summed E-state index contributed by atoms with van der Waals surface area (Å²) < 4.78 is 11.3. The van der Waals surface area contributed by atoms with Gasteiger partial charge in [-0.1, -0.05) is 58.5 Å². The third-order valence-corrected chi connectivity index (χ3v) is 5.23. The molecular formula is C21H17Cl4NO2. The maximum absolute atomic E-state index is 6.44. The van der Waals surface area contributed by atoms with Crippen LogP contribution in [0.25, 0.3) is 0 Å². The smallest absolute Gasteiger partial charge is 0.180 e. The van der Waals surface area contributed by atoms with Gasteiger partial charge >= 0.3 is 0 Å². The maximum Gasteiger partial charge on any atom is 0.180 e. The van der Waals surface area contributed by atoms with Crippen molar-refractivity contribution in [1.29, 1.82) is 0 Å². The standard InChI is InChI=1S/C21H17Cl4NO2/c1-27-20-9-14(11-26-16-5-6-17(23)18(24)10-16)8-19(25)21(20)28-12-13-3-2-4-15(22)7-13/h2-10,26H,11-12H2,1H3. The van der Waals surface area contributed by atoms with Crippen molar-refractivity contribution in [2.45, 2.75) is 13.2 Å². The first-order valence-corrected chi connectivity index (χ1v) is 9.90. The van der Waals surface area contributed by atoms with Gasteiger partial charge in [-0.2, -0.15) is 0 Å². The average molecular weight is 457 g/mol. The van der Waals surface area contributed by atoms with Crippen molar-refractivity contribution in [3.8, 4) is 11.5 Å². The molecule has 0 radical (unpaired) electrons. The predicted molar refractivity (Wildman–Crippen MR) is 118 cm³/mol. The lowest BCUT2D eigenvalue weighted by atomic mass is 10.2. The first kappa shape index (κ1) is 20.9. The Labute approximate surface area is 184 Å². The molecule has 0 unspecified atom stereocenters. The van der Waals surface area contributed by atoms with Crippen molar-refractivity contribution in [2.75, 3.05) is 12.4 Å². The first-order valence-electron chi connectivity index (χ1n) is 8.39. The molecule has 0 saturated carbocycles. The Kier molecular flexibility index (Phi) is 7.19. The predicted octanol–water partition coefficient (Wildman–Crippen LogP) is 7.50. The molecule has 146 valence electrons. The van der Waals surface area contributed by atoms with Crippen LogP contribution >= 0.6 is 46.4 Å². The molecule has 0 spiro atoms. The molecule has 0 saturated heterocycles. The molecule has 0 heterocycles. The van der Waals surface area contributed by atoms with E-state index in [1.54, 1.807) is 19.2 Å². The molecule has 7 heteroatoms. The molecule has 3 aromatic carbocycles. The van der Waals surface area contributed by atoms with Crippen LogP contribution in [0.15, 0.2) is 54.6 Å². The number of hydrogen-bond acceptors (Lipinski definition) is 3. The van der Waals surface area contributed by atoms with Gasteiger partial charge in [-0.25, -0.2) is 0 Å². The Morgan fingerprint density at radius 2 is 1.64 bits per heavy atom. The second kappa shape index (κ2) is 9.62. The maximum atomic E-state index is 6.44. The van der Waals surface area contributed by atoms with Crippen LogP contribution in [0.1, 0.15) is 11.1 Å². The number of nitrogens with one attached hydrogen (secondary N) is 1. The second-order valence-electron chi connectivity index (χ2n) is 6.01. The molecule has 28 heavy (non-hydrogen) atoms. The zero-order valence-corrected chi connectivity index (χ0v) is 18.0. The second-order valence-corrected chi connectivity index (χ2v) is 7.67. The molecular weight excluding hydrogens is 440 g/mol. The quantitative estimate of drug-likeness (QED) is 0.399. The Bertz CT molecular complexity index is 979. The topological polar surface area (TPSA) is 30.5 Å². The Morgan fingerprint density at radius 3 is 2.36 bits per heavy atom. The van der Waals surface area contributed by atoms with E-state index >= 15 is 0 Å². The Morgan fingerprint density at radius 1 is 0.821 bits per heavy atom. The van der Waals surface area contributed by atoms with Gasteiger partial charge in [-0.15, -0.1) is 0 Å². The zero-order valence-electron chi connectivity index (χ0n) is 14.9. The van der Waals surface area contributed by atoms with E-state index in [4.69, 9.17) is 55.9 Å². The van der Waals surface area contributed by atoms with Gasteiger partial charge in [-0.05, 0) is 53.6 Å². The van der Waals surface area contributed by atoms with Crippen LogP contribution < -0.4 is 14.8 Å². The Hall–Kier alpha value is -1.78. The summed E-state index contributed by atoms with van der Waals surface area (Å²) in [5, 5.41) is 5.40. The summed E-state index contributed by atoms with van der Waals surface area (Å²) in [4.78, 5) is 0. The van der Waals surface area contributed by atoms with E-state index in [0.29, 0.717) is 44.7 Å². The number of anilines is 1. The fourth-order valence-electron chi connectivity index (χ4n) is 2.61. The van der Waals surface area contributed by atoms with Crippen molar-refractivity contribution >= 4 is 52.1 Å². The largest absolute Gasteiger partial charge is 0.493 e. The third-order valence-electron chi connectivity index (χ3n) is 3.98. The zero-order chi connectivity index (χ0) is 20.1. The summed E-state index contributed by atoms with van der Waals surface area (Å²) >= 11 is 24.4. The van der Waals surface area contributed by atoms with Crippen LogP contribution in [0.4, 0.5) is 5.69 Å². The van der Waals surface area contributed by atoms with E-state index in [2.05, 4.69) is 5.32 Å². The summed E-state index contributed by atoms with van der Waals surface area (Å²) in [6.45, 7) is 0.861. The van der Waals surface area contributed by atoms with Crippen molar-refractivity contribution in [3.63, 3.8) is 0 Å². The fourth-order valence-corrected chi connectivity index (χ4v) is 3.41. The van der Waals surface area contributed by atoms with Crippen LogP contribution in [0.3, 0.4) is 0 Å². The van der Waals surface area contributed by atoms with Crippen molar-refractivity contribution in [1.82, 2.24) is 0 Å². The third kappa shape index (κ3) is 5.39. The molecule has 0 amide bonds. The fraction of sp³-hybridized carbons (Fsp3) is 0.143. The SMILES string of the molecule is COc1cc(CNc2ccc(Cl)c(Cl)c2)cc(Cl)c1OCc1cccc(Cl)c1. The van der Waals surface area contributed by atoms with E-state index in [9.17, 15) is 0 Å². The molecule has 3 rings (SSSR count). The van der Waals surface area contributed by atoms with Crippen LogP contribution in [0, 0.1) is 0 Å². The molecule has 0 atom stereocenters. The van der Waals surface area contributed by atoms with Crippen molar-refractivity contribution in [3.05, 3.63) is 85.8 Å². The summed E-state index contributed by atoms with van der Waals surface area (Å²) in [5.41, 5.74) is 2.73. The van der Waals surface area contributed by atoms with Gasteiger partial charge in [0, 0.05) is 17.3 Å². The molecule has 0 aliphatic carbocycles. The normalized spacial score (nSPS) is 10.6. The summed E-state index contributed by atoms with van der Waals surface area (Å²) in [5.74, 6) is 1.04. The van der Waals surface area contributed by atoms with Crippen molar-refractivity contribution in [2.24, 2.45) is 0 Å². The molecule has 0 aliphatic heterocycles. The number of hydrogen-bond donors (Lipinski definition) is 1. The minimum atomic E-state index is 0.331. The highest BCUT2D eigenvalue weighted by atomic mass is 35.5. The van der Waals surface area contributed by atoms with Crippen molar-refractivity contribution < 1.29 is 9.47 Å². The molecule has 3 aromatic rings. The highest BCUT2D eigenvalue weighted by Crippen LogP contribution is 2.37.